The summed E-state index contributed by atoms with van der Waals surface area (Å²) in [6.45, 7) is 3.70. The zero-order valence-electron chi connectivity index (χ0n) is 19.1. The Kier molecular flexibility index (Phi) is 6.31. The molecule has 0 saturated carbocycles. The Morgan fingerprint density at radius 3 is 2.33 bits per heavy atom. The van der Waals surface area contributed by atoms with Crippen molar-refractivity contribution in [3.8, 4) is 16.9 Å². The number of carbonyl (C=O) groups is 1. The maximum Gasteiger partial charge on any atom is 0.321 e. The van der Waals surface area contributed by atoms with Crippen molar-refractivity contribution in [3.05, 3.63) is 84.4 Å². The molecule has 1 N–H and O–H groups in total. The molecule has 0 unspecified atom stereocenters. The minimum absolute atomic E-state index is 0.0212. The van der Waals surface area contributed by atoms with Crippen LogP contribution in [0, 0.1) is 0 Å². The Labute approximate surface area is 196 Å². The number of urea groups is 1. The molecule has 170 valence electrons. The maximum absolute atomic E-state index is 13.1. The largest absolute Gasteiger partial charge is 0.497 e. The second-order valence-corrected chi connectivity index (χ2v) is 8.94. The fraction of sp³-hybridized carbons (Fsp3) is 0.321. The zero-order chi connectivity index (χ0) is 22.6. The van der Waals surface area contributed by atoms with Crippen LogP contribution in [0.15, 0.2) is 78.9 Å². The highest BCUT2D eigenvalue weighted by molar-refractivity contribution is 5.89. The van der Waals surface area contributed by atoms with Crippen molar-refractivity contribution in [2.75, 3.05) is 38.6 Å². The minimum atomic E-state index is -0.0212. The SMILES string of the molecule is COc1ccc(NC(=O)N2CCCN3CC[C@H](c4ccc(-c5ccccc5)cc4)[C@@H]3C2)cc1. The minimum Gasteiger partial charge on any atom is -0.497 e. The molecule has 33 heavy (non-hydrogen) atoms. The van der Waals surface area contributed by atoms with Crippen molar-refractivity contribution in [2.24, 2.45) is 0 Å². The highest BCUT2D eigenvalue weighted by atomic mass is 16.5. The lowest BCUT2D eigenvalue weighted by Gasteiger charge is -2.30. The number of nitrogens with zero attached hydrogens (tertiary/aromatic N) is 2. The summed E-state index contributed by atoms with van der Waals surface area (Å²) in [7, 11) is 1.64. The van der Waals surface area contributed by atoms with Gasteiger partial charge in [-0.2, -0.15) is 0 Å². The lowest BCUT2D eigenvalue weighted by atomic mass is 9.90. The van der Waals surface area contributed by atoms with E-state index in [2.05, 4.69) is 58.7 Å². The van der Waals surface area contributed by atoms with Crippen LogP contribution in [0.1, 0.15) is 24.3 Å². The monoisotopic (exact) mass is 441 g/mol. The number of amides is 2. The van der Waals surface area contributed by atoms with Crippen molar-refractivity contribution in [1.29, 1.82) is 0 Å². The molecule has 5 heteroatoms. The standard InChI is InChI=1S/C28H31N3O2/c1-33-25-14-12-24(13-15-25)29-28(32)31-18-5-17-30-19-16-26(27(30)20-31)23-10-8-22(9-11-23)21-6-3-2-4-7-21/h2-4,6-15,26-27H,5,16-20H2,1H3,(H,29,32)/t26-,27+/m1/s1. The van der Waals surface area contributed by atoms with Crippen molar-refractivity contribution in [1.82, 2.24) is 9.80 Å². The fourth-order valence-corrected chi connectivity index (χ4v) is 5.22. The summed E-state index contributed by atoms with van der Waals surface area (Å²) in [4.78, 5) is 17.6. The lowest BCUT2D eigenvalue weighted by molar-refractivity contribution is 0.197. The average molecular weight is 442 g/mol. The van der Waals surface area contributed by atoms with Gasteiger partial charge in [-0.3, -0.25) is 4.90 Å². The Hall–Kier alpha value is -3.31. The number of methoxy groups -OCH3 is 1. The third kappa shape index (κ3) is 4.74. The van der Waals surface area contributed by atoms with Gasteiger partial charge in [0.05, 0.1) is 7.11 Å². The molecular weight excluding hydrogens is 410 g/mol. The van der Waals surface area contributed by atoms with Gasteiger partial charge >= 0.3 is 6.03 Å². The molecule has 0 aromatic heterocycles. The number of rotatable bonds is 4. The molecule has 0 spiro atoms. The quantitative estimate of drug-likeness (QED) is 0.585. The van der Waals surface area contributed by atoms with Crippen molar-refractivity contribution in [2.45, 2.75) is 24.8 Å². The van der Waals surface area contributed by atoms with E-state index < -0.39 is 0 Å². The Morgan fingerprint density at radius 2 is 1.61 bits per heavy atom. The summed E-state index contributed by atoms with van der Waals surface area (Å²) in [6.07, 6.45) is 2.15. The maximum atomic E-state index is 13.1. The third-order valence-electron chi connectivity index (χ3n) is 7.02. The fourth-order valence-electron chi connectivity index (χ4n) is 5.22. The van der Waals surface area contributed by atoms with E-state index in [1.54, 1.807) is 7.11 Å². The van der Waals surface area contributed by atoms with E-state index in [0.717, 1.165) is 50.5 Å². The van der Waals surface area contributed by atoms with Crippen LogP contribution in [-0.4, -0.2) is 55.2 Å². The number of benzene rings is 3. The first-order chi connectivity index (χ1) is 16.2. The zero-order valence-corrected chi connectivity index (χ0v) is 19.1. The van der Waals surface area contributed by atoms with Crippen LogP contribution in [-0.2, 0) is 0 Å². The molecule has 3 aromatic carbocycles. The van der Waals surface area contributed by atoms with Gasteiger partial charge in [-0.15, -0.1) is 0 Å². The van der Waals surface area contributed by atoms with E-state index in [9.17, 15) is 4.79 Å². The number of carbonyl (C=O) groups excluding carboxylic acids is 1. The van der Waals surface area contributed by atoms with Gasteiger partial charge in [0.1, 0.15) is 5.75 Å². The highest BCUT2D eigenvalue weighted by Gasteiger charge is 2.38. The van der Waals surface area contributed by atoms with Crippen LogP contribution in [0.5, 0.6) is 5.75 Å². The molecule has 0 bridgehead atoms. The number of fused-ring (bicyclic) bond motifs is 1. The van der Waals surface area contributed by atoms with E-state index in [4.69, 9.17) is 4.74 Å². The van der Waals surface area contributed by atoms with Gasteiger partial charge in [-0.05, 0) is 60.3 Å². The summed E-state index contributed by atoms with van der Waals surface area (Å²) in [5.74, 6) is 1.23. The second-order valence-electron chi connectivity index (χ2n) is 8.94. The molecule has 2 amide bonds. The van der Waals surface area contributed by atoms with Crippen LogP contribution in [0.25, 0.3) is 11.1 Å². The van der Waals surface area contributed by atoms with Gasteiger partial charge in [-0.25, -0.2) is 4.79 Å². The van der Waals surface area contributed by atoms with E-state index in [0.29, 0.717) is 12.0 Å². The average Bonchev–Trinajstić information content (AvgIpc) is 3.14. The van der Waals surface area contributed by atoms with E-state index in [-0.39, 0.29) is 6.03 Å². The van der Waals surface area contributed by atoms with Crippen molar-refractivity contribution in [3.63, 3.8) is 0 Å². The molecule has 0 aliphatic carbocycles. The number of nitrogens with one attached hydrogen (secondary N) is 1. The van der Waals surface area contributed by atoms with E-state index >= 15 is 0 Å². The molecule has 5 nitrogen and oxygen atoms in total. The highest BCUT2D eigenvalue weighted by Crippen LogP contribution is 2.36. The Balaban J connectivity index is 1.29. The molecule has 2 saturated heterocycles. The lowest BCUT2D eigenvalue weighted by Crippen LogP contribution is -2.43. The molecule has 5 rings (SSSR count). The molecular formula is C28H31N3O2. The summed E-state index contributed by atoms with van der Waals surface area (Å²) >= 11 is 0. The van der Waals surface area contributed by atoms with Crippen LogP contribution in [0.4, 0.5) is 10.5 Å². The number of hydrogen-bond donors (Lipinski definition) is 1. The van der Waals surface area contributed by atoms with Gasteiger partial charge in [0.25, 0.3) is 0 Å². The second kappa shape index (κ2) is 9.67. The third-order valence-corrected chi connectivity index (χ3v) is 7.02. The predicted octanol–water partition coefficient (Wildman–Crippen LogP) is 5.46. The molecule has 2 aliphatic heterocycles. The van der Waals surface area contributed by atoms with Crippen molar-refractivity contribution < 1.29 is 9.53 Å². The van der Waals surface area contributed by atoms with E-state index in [1.807, 2.05) is 35.2 Å². The first-order valence-corrected chi connectivity index (χ1v) is 11.8. The van der Waals surface area contributed by atoms with Gasteiger partial charge in [0.2, 0.25) is 0 Å². The molecule has 2 fully saturated rings. The molecule has 3 aromatic rings. The van der Waals surface area contributed by atoms with Crippen LogP contribution < -0.4 is 10.1 Å². The van der Waals surface area contributed by atoms with Gasteiger partial charge in [-0.1, -0.05) is 54.6 Å². The van der Waals surface area contributed by atoms with Gasteiger partial charge in [0, 0.05) is 37.3 Å². The summed E-state index contributed by atoms with van der Waals surface area (Å²) < 4.78 is 5.21. The topological polar surface area (TPSA) is 44.8 Å². The Morgan fingerprint density at radius 1 is 0.879 bits per heavy atom. The number of ether oxygens (including phenoxy) is 1. The molecule has 2 aliphatic rings. The Bertz CT molecular complexity index is 1070. The summed E-state index contributed by atoms with van der Waals surface area (Å²) in [5, 5.41) is 3.06. The summed E-state index contributed by atoms with van der Waals surface area (Å²) in [5.41, 5.74) is 4.66. The number of hydrogen-bond acceptors (Lipinski definition) is 3. The number of anilines is 1. The summed E-state index contributed by atoms with van der Waals surface area (Å²) in [6, 6.07) is 27.4. The molecule has 2 heterocycles. The van der Waals surface area contributed by atoms with E-state index in [1.165, 1.54) is 16.7 Å². The first-order valence-electron chi connectivity index (χ1n) is 11.8. The van der Waals surface area contributed by atoms with Crippen LogP contribution >= 0.6 is 0 Å². The van der Waals surface area contributed by atoms with Crippen LogP contribution in [0.2, 0.25) is 0 Å². The first kappa shape index (κ1) is 21.5. The van der Waals surface area contributed by atoms with Gasteiger partial charge < -0.3 is 15.0 Å². The normalized spacial score (nSPS) is 20.7. The smallest absolute Gasteiger partial charge is 0.321 e. The predicted molar refractivity (Wildman–Crippen MR) is 133 cm³/mol. The van der Waals surface area contributed by atoms with Crippen molar-refractivity contribution >= 4 is 11.7 Å². The molecule has 0 radical (unpaired) electrons. The molecule has 2 atom stereocenters. The van der Waals surface area contributed by atoms with Gasteiger partial charge in [0.15, 0.2) is 0 Å². The van der Waals surface area contributed by atoms with Crippen LogP contribution in [0.3, 0.4) is 0 Å².